The molecule has 0 atom stereocenters. The molecule has 6 heteroatoms. The average Bonchev–Trinajstić information content (AvgIpc) is 3.08. The van der Waals surface area contributed by atoms with Gasteiger partial charge in [-0.3, -0.25) is 0 Å². The molecule has 0 aliphatic heterocycles. The van der Waals surface area contributed by atoms with Crippen LogP contribution in [0.4, 0.5) is 0 Å². The Morgan fingerprint density at radius 2 is 1.56 bits per heavy atom. The van der Waals surface area contributed by atoms with Gasteiger partial charge >= 0.3 is 161 Å². The summed E-state index contributed by atoms with van der Waals surface area (Å²) in [5, 5.41) is 0. The Labute approximate surface area is 160 Å². The molecule has 0 aliphatic carbocycles. The molecule has 0 unspecified atom stereocenters. The van der Waals surface area contributed by atoms with Crippen LogP contribution in [-0.4, -0.2) is 48.3 Å². The van der Waals surface area contributed by atoms with Gasteiger partial charge in [0.25, 0.3) is 0 Å². The van der Waals surface area contributed by atoms with Crippen molar-refractivity contribution in [3.63, 3.8) is 0 Å². The van der Waals surface area contributed by atoms with Crippen molar-refractivity contribution in [3.05, 3.63) is 36.5 Å². The molecule has 0 fully saturated rings. The van der Waals surface area contributed by atoms with Gasteiger partial charge in [-0.15, -0.1) is 0 Å². The van der Waals surface area contributed by atoms with Crippen LogP contribution in [-0.2, 0) is 4.74 Å². The molecule has 0 N–H and O–H groups in total. The summed E-state index contributed by atoms with van der Waals surface area (Å²) in [7, 11) is 0. The van der Waals surface area contributed by atoms with Crippen molar-refractivity contribution < 1.29 is 18.4 Å². The first-order valence-corrected chi connectivity index (χ1v) is 28.5. The molecule has 4 nitrogen and oxygen atoms in total. The molecule has 0 saturated heterocycles. The van der Waals surface area contributed by atoms with E-state index in [1.54, 1.807) is 12.3 Å². The van der Waals surface area contributed by atoms with Gasteiger partial charge < -0.3 is 0 Å². The number of carbonyl (C=O) groups is 1. The van der Waals surface area contributed by atoms with Crippen molar-refractivity contribution in [3.8, 4) is 0 Å². The van der Waals surface area contributed by atoms with E-state index in [9.17, 15) is 4.79 Å². The molecule has 0 aromatic carbocycles. The van der Waals surface area contributed by atoms with Gasteiger partial charge in [0.05, 0.1) is 0 Å². The first-order valence-electron chi connectivity index (χ1n) is 8.56. The van der Waals surface area contributed by atoms with E-state index in [2.05, 4.69) is 35.7 Å². The van der Waals surface area contributed by atoms with E-state index in [1.807, 2.05) is 33.1 Å². The monoisotopic (exact) mass is 564 g/mol. The van der Waals surface area contributed by atoms with Crippen molar-refractivity contribution in [2.45, 2.75) is 56.0 Å². The second-order valence-corrected chi connectivity index (χ2v) is 37.9. The molecule has 25 heavy (non-hydrogen) atoms. The molecule has 140 valence electrons. The van der Waals surface area contributed by atoms with Gasteiger partial charge in [0.15, 0.2) is 0 Å². The van der Waals surface area contributed by atoms with Gasteiger partial charge in [0.1, 0.15) is 0 Å². The third kappa shape index (κ3) is 8.24. The second-order valence-electron chi connectivity index (χ2n) is 9.18. The quantitative estimate of drug-likeness (QED) is 0.406. The molecule has 2 heterocycles. The fourth-order valence-corrected chi connectivity index (χ4v) is 7.55. The van der Waals surface area contributed by atoms with Crippen molar-refractivity contribution in [1.82, 2.24) is 0 Å². The summed E-state index contributed by atoms with van der Waals surface area (Å²) in [6, 6.07) is 5.72. The number of hydrogen-bond donors (Lipinski definition) is 0. The molecule has 0 amide bonds. The third-order valence-corrected chi connectivity index (χ3v) is 14.1. The van der Waals surface area contributed by atoms with E-state index < -0.39 is 42.4 Å². The zero-order valence-corrected chi connectivity index (χ0v) is 22.7. The van der Waals surface area contributed by atoms with Gasteiger partial charge in [-0.25, -0.2) is 0 Å². The zero-order chi connectivity index (χ0) is 19.5. The maximum atomic E-state index is 11.7. The van der Waals surface area contributed by atoms with Crippen LogP contribution in [0.25, 0.3) is 0 Å². The molecule has 2 aromatic rings. The standard InChI is InChI=1S/C9H11O3.C4H3O.6CH3.2Sn/c1-9(2,3)12-8(10)7-5-4-6-11-7;1-2-4-5-3-1;;;;;;;;/h4-5H,1-3H3;1,3-4H;6*1H3;;. The van der Waals surface area contributed by atoms with Crippen LogP contribution in [0.2, 0.25) is 29.6 Å². The molecular weight excluding hydrogens is 530 g/mol. The van der Waals surface area contributed by atoms with E-state index in [1.165, 1.54) is 3.58 Å². The number of esters is 1. The molecule has 0 radical (unpaired) electrons. The first kappa shape index (κ1) is 22.7. The van der Waals surface area contributed by atoms with Gasteiger partial charge in [-0.2, -0.15) is 0 Å². The van der Waals surface area contributed by atoms with Crippen LogP contribution >= 0.6 is 0 Å². The summed E-state index contributed by atoms with van der Waals surface area (Å²) in [5.41, 5.74) is -0.477. The number of hydrogen-bond acceptors (Lipinski definition) is 4. The number of ether oxygens (including phenoxy) is 1. The number of furan rings is 2. The molecular formula is C19H32O4Sn2. The Bertz CT molecular complexity index is 666. The fraction of sp³-hybridized carbons (Fsp3) is 0.526. The van der Waals surface area contributed by atoms with Crippen LogP contribution in [0.15, 0.2) is 39.6 Å². The SMILES string of the molecule is CC(C)(C)OC(=O)c1cc[c]([Sn]([CH3])([CH3])[CH3])o1.[CH3][Sn]([CH3])([CH3])[c]1ccoc1. The molecule has 0 aliphatic rings. The Balaban J connectivity index is 0.000000293. The van der Waals surface area contributed by atoms with E-state index in [0.717, 1.165) is 3.78 Å². The molecule has 0 spiro atoms. The third-order valence-electron chi connectivity index (χ3n) is 3.33. The predicted molar refractivity (Wildman–Crippen MR) is 109 cm³/mol. The molecule has 2 aromatic heterocycles. The molecule has 2 rings (SSSR count). The number of carbonyl (C=O) groups excluding carboxylic acids is 1. The van der Waals surface area contributed by atoms with Crippen molar-refractivity contribution in [2.24, 2.45) is 0 Å². The summed E-state index contributed by atoms with van der Waals surface area (Å²) in [5.74, 6) is -0.0640. The van der Waals surface area contributed by atoms with Gasteiger partial charge in [-0.1, -0.05) is 0 Å². The average molecular weight is 562 g/mol. The Hall–Kier alpha value is -0.373. The first-order chi connectivity index (χ1) is 11.2. The van der Waals surface area contributed by atoms with Gasteiger partial charge in [-0.05, 0) is 0 Å². The van der Waals surface area contributed by atoms with Crippen molar-refractivity contribution in [1.29, 1.82) is 0 Å². The molecule has 0 saturated carbocycles. The maximum absolute atomic E-state index is 11.7. The van der Waals surface area contributed by atoms with Crippen LogP contribution in [0.3, 0.4) is 0 Å². The Morgan fingerprint density at radius 3 is 1.88 bits per heavy atom. The van der Waals surface area contributed by atoms with Gasteiger partial charge in [0, 0.05) is 0 Å². The zero-order valence-electron chi connectivity index (χ0n) is 17.0. The Morgan fingerprint density at radius 1 is 0.960 bits per heavy atom. The summed E-state index contributed by atoms with van der Waals surface area (Å²) < 4.78 is 18.3. The predicted octanol–water partition coefficient (Wildman–Crippen LogP) is 4.60. The Kier molecular flexibility index (Phi) is 7.75. The molecule has 0 bridgehead atoms. The minimum atomic E-state index is -2.21. The summed E-state index contributed by atoms with van der Waals surface area (Å²) in [6.07, 6.45) is 3.65. The summed E-state index contributed by atoms with van der Waals surface area (Å²) in [6.45, 7) is 5.53. The number of rotatable bonds is 3. The minimum absolute atomic E-state index is 0.316. The van der Waals surface area contributed by atoms with E-state index >= 15 is 0 Å². The summed E-state index contributed by atoms with van der Waals surface area (Å²) in [4.78, 5) is 25.6. The van der Waals surface area contributed by atoms with Crippen molar-refractivity contribution in [2.75, 3.05) is 0 Å². The van der Waals surface area contributed by atoms with Crippen LogP contribution in [0.1, 0.15) is 31.3 Å². The van der Waals surface area contributed by atoms with Gasteiger partial charge in [0.2, 0.25) is 0 Å². The van der Waals surface area contributed by atoms with E-state index in [-0.39, 0.29) is 5.97 Å². The topological polar surface area (TPSA) is 52.6 Å². The van der Waals surface area contributed by atoms with Crippen LogP contribution < -0.4 is 7.36 Å². The van der Waals surface area contributed by atoms with E-state index in [0.29, 0.717) is 5.76 Å². The normalized spacial score (nSPS) is 12.4. The fourth-order valence-electron chi connectivity index (χ4n) is 1.87. The van der Waals surface area contributed by atoms with Crippen LogP contribution in [0, 0.1) is 0 Å². The van der Waals surface area contributed by atoms with Crippen molar-refractivity contribution >= 4 is 50.1 Å². The summed E-state index contributed by atoms with van der Waals surface area (Å²) >= 11 is -3.95. The van der Waals surface area contributed by atoms with E-state index in [4.69, 9.17) is 13.6 Å². The van der Waals surface area contributed by atoms with Crippen LogP contribution in [0.5, 0.6) is 0 Å². The second kappa shape index (κ2) is 8.54.